The zero-order chi connectivity index (χ0) is 13.2. The van der Waals surface area contributed by atoms with Gasteiger partial charge in [-0.1, -0.05) is 0 Å². The van der Waals surface area contributed by atoms with Crippen LogP contribution in [0.15, 0.2) is 30.7 Å². The molecule has 5 nitrogen and oxygen atoms in total. The summed E-state index contributed by atoms with van der Waals surface area (Å²) < 4.78 is 0. The van der Waals surface area contributed by atoms with Crippen molar-refractivity contribution in [3.05, 3.63) is 35.6 Å². The number of nitrogens with zero attached hydrogens (tertiary/aromatic N) is 3. The largest absolute Gasteiger partial charge is 0.336 e. The van der Waals surface area contributed by atoms with Crippen molar-refractivity contribution >= 4 is 17.2 Å². The van der Waals surface area contributed by atoms with Crippen molar-refractivity contribution in [3.8, 4) is 10.6 Å². The molecule has 0 bridgehead atoms. The number of carbonyl (C=O) groups is 1. The number of aromatic nitrogens is 2. The minimum atomic E-state index is 0.0331. The van der Waals surface area contributed by atoms with E-state index in [0.29, 0.717) is 11.4 Å². The van der Waals surface area contributed by atoms with Crippen molar-refractivity contribution in [1.29, 1.82) is 0 Å². The zero-order valence-corrected chi connectivity index (χ0v) is 11.1. The molecule has 1 saturated heterocycles. The maximum absolute atomic E-state index is 12.3. The van der Waals surface area contributed by atoms with Gasteiger partial charge in [0.1, 0.15) is 9.88 Å². The topological polar surface area (TPSA) is 72.1 Å². The summed E-state index contributed by atoms with van der Waals surface area (Å²) in [5.74, 6) is 0.0331. The summed E-state index contributed by atoms with van der Waals surface area (Å²) in [5, 5.41) is 0.842. The monoisotopic (exact) mass is 274 g/mol. The molecule has 1 aliphatic heterocycles. The molecule has 0 aliphatic carbocycles. The molecule has 0 spiro atoms. The van der Waals surface area contributed by atoms with Crippen LogP contribution in [-0.4, -0.2) is 39.9 Å². The molecule has 0 saturated carbocycles. The lowest BCUT2D eigenvalue weighted by molar-refractivity contribution is 0.0795. The molecular formula is C13H14N4OS. The second kappa shape index (κ2) is 5.07. The molecule has 3 heterocycles. The van der Waals surface area contributed by atoms with Gasteiger partial charge in [0, 0.05) is 37.1 Å². The number of hydrogen-bond donors (Lipinski definition) is 1. The molecule has 6 heteroatoms. The molecule has 0 aromatic carbocycles. The van der Waals surface area contributed by atoms with E-state index in [1.54, 1.807) is 23.5 Å². The molecule has 98 valence electrons. The summed E-state index contributed by atoms with van der Waals surface area (Å²) in [6, 6.07) is 3.88. The Kier molecular flexibility index (Phi) is 3.27. The minimum absolute atomic E-state index is 0.0331. The van der Waals surface area contributed by atoms with Gasteiger partial charge in [0.2, 0.25) is 0 Å². The number of rotatable bonds is 2. The van der Waals surface area contributed by atoms with Gasteiger partial charge in [-0.25, -0.2) is 4.98 Å². The Bertz CT molecular complexity index is 583. The molecule has 1 fully saturated rings. The Hall–Kier alpha value is -1.79. The molecule has 1 unspecified atom stereocenters. The van der Waals surface area contributed by atoms with Crippen LogP contribution in [0.2, 0.25) is 0 Å². The molecule has 2 N–H and O–H groups in total. The molecule has 2 aromatic rings. The van der Waals surface area contributed by atoms with E-state index in [-0.39, 0.29) is 11.9 Å². The third-order valence-corrected chi connectivity index (χ3v) is 4.19. The van der Waals surface area contributed by atoms with Gasteiger partial charge < -0.3 is 10.6 Å². The molecule has 1 atom stereocenters. The maximum Gasteiger partial charge on any atom is 0.265 e. The van der Waals surface area contributed by atoms with E-state index in [1.165, 1.54) is 11.3 Å². The second-order valence-corrected chi connectivity index (χ2v) is 5.60. The predicted octanol–water partition coefficient (Wildman–Crippen LogP) is 1.38. The molecule has 1 amide bonds. The fourth-order valence-corrected chi connectivity index (χ4v) is 3.02. The third-order valence-electron chi connectivity index (χ3n) is 3.16. The van der Waals surface area contributed by atoms with Crippen LogP contribution in [0.25, 0.3) is 10.6 Å². The second-order valence-electron chi connectivity index (χ2n) is 4.57. The van der Waals surface area contributed by atoms with E-state index in [9.17, 15) is 4.79 Å². The van der Waals surface area contributed by atoms with Crippen LogP contribution in [0.1, 0.15) is 16.1 Å². The summed E-state index contributed by atoms with van der Waals surface area (Å²) >= 11 is 1.41. The van der Waals surface area contributed by atoms with Crippen LogP contribution in [0, 0.1) is 0 Å². The lowest BCUT2D eigenvalue weighted by Crippen LogP contribution is -2.31. The highest BCUT2D eigenvalue weighted by atomic mass is 32.1. The highest BCUT2D eigenvalue weighted by Crippen LogP contribution is 2.26. The SMILES string of the molecule is NC1CCN(C(=O)c2cnc(-c3ccncc3)s2)C1. The van der Waals surface area contributed by atoms with Crippen LogP contribution >= 0.6 is 11.3 Å². The van der Waals surface area contributed by atoms with Gasteiger partial charge in [-0.05, 0) is 18.6 Å². The van der Waals surface area contributed by atoms with E-state index in [4.69, 9.17) is 5.73 Å². The number of pyridine rings is 1. The Morgan fingerprint density at radius 3 is 2.89 bits per heavy atom. The van der Waals surface area contributed by atoms with E-state index >= 15 is 0 Å². The van der Waals surface area contributed by atoms with E-state index < -0.39 is 0 Å². The van der Waals surface area contributed by atoms with E-state index in [2.05, 4.69) is 9.97 Å². The van der Waals surface area contributed by atoms with Crippen molar-refractivity contribution < 1.29 is 4.79 Å². The Balaban J connectivity index is 1.80. The van der Waals surface area contributed by atoms with Gasteiger partial charge in [0.05, 0.1) is 6.20 Å². The summed E-state index contributed by atoms with van der Waals surface area (Å²) in [5.41, 5.74) is 6.81. The molecule has 1 aliphatic rings. The predicted molar refractivity (Wildman–Crippen MR) is 73.8 cm³/mol. The Labute approximate surface area is 115 Å². The quantitative estimate of drug-likeness (QED) is 0.898. The van der Waals surface area contributed by atoms with Gasteiger partial charge in [0.15, 0.2) is 0 Å². The van der Waals surface area contributed by atoms with Crippen molar-refractivity contribution in [2.45, 2.75) is 12.5 Å². The number of carbonyl (C=O) groups excluding carboxylic acids is 1. The number of thiazole rings is 1. The average molecular weight is 274 g/mol. The highest BCUT2D eigenvalue weighted by Gasteiger charge is 2.25. The lowest BCUT2D eigenvalue weighted by Gasteiger charge is -2.13. The zero-order valence-electron chi connectivity index (χ0n) is 10.3. The van der Waals surface area contributed by atoms with E-state index in [1.807, 2.05) is 12.1 Å². The normalized spacial score (nSPS) is 18.8. The Morgan fingerprint density at radius 1 is 1.42 bits per heavy atom. The fraction of sp³-hybridized carbons (Fsp3) is 0.308. The number of likely N-dealkylation sites (tertiary alicyclic amines) is 1. The van der Waals surface area contributed by atoms with Gasteiger partial charge in [-0.3, -0.25) is 9.78 Å². The number of nitrogens with two attached hydrogens (primary N) is 1. The molecular weight excluding hydrogens is 260 g/mol. The first-order chi connectivity index (χ1) is 9.24. The molecule has 3 rings (SSSR count). The minimum Gasteiger partial charge on any atom is -0.336 e. The third kappa shape index (κ3) is 2.50. The molecule has 0 radical (unpaired) electrons. The van der Waals surface area contributed by atoms with Gasteiger partial charge in [0.25, 0.3) is 5.91 Å². The van der Waals surface area contributed by atoms with Crippen molar-refractivity contribution in [3.63, 3.8) is 0 Å². The van der Waals surface area contributed by atoms with Crippen molar-refractivity contribution in [1.82, 2.24) is 14.9 Å². The van der Waals surface area contributed by atoms with Crippen LogP contribution in [0.5, 0.6) is 0 Å². The summed E-state index contributed by atoms with van der Waals surface area (Å²) in [7, 11) is 0. The van der Waals surface area contributed by atoms with Crippen molar-refractivity contribution in [2.24, 2.45) is 5.73 Å². The summed E-state index contributed by atoms with van der Waals surface area (Å²) in [6.07, 6.45) is 5.96. The fourth-order valence-electron chi connectivity index (χ4n) is 2.13. The highest BCUT2D eigenvalue weighted by molar-refractivity contribution is 7.16. The molecule has 19 heavy (non-hydrogen) atoms. The summed E-state index contributed by atoms with van der Waals surface area (Å²) in [4.78, 5) is 23.0. The van der Waals surface area contributed by atoms with E-state index in [0.717, 1.165) is 23.5 Å². The van der Waals surface area contributed by atoms with Crippen LogP contribution in [0.4, 0.5) is 0 Å². The van der Waals surface area contributed by atoms with Gasteiger partial charge >= 0.3 is 0 Å². The number of hydrogen-bond acceptors (Lipinski definition) is 5. The lowest BCUT2D eigenvalue weighted by atomic mass is 10.3. The smallest absolute Gasteiger partial charge is 0.265 e. The van der Waals surface area contributed by atoms with Crippen LogP contribution in [-0.2, 0) is 0 Å². The average Bonchev–Trinajstić information content (AvgIpc) is 3.08. The van der Waals surface area contributed by atoms with Gasteiger partial charge in [-0.15, -0.1) is 11.3 Å². The first-order valence-electron chi connectivity index (χ1n) is 6.15. The molecule has 2 aromatic heterocycles. The van der Waals surface area contributed by atoms with Crippen LogP contribution in [0.3, 0.4) is 0 Å². The first kappa shape index (κ1) is 12.3. The number of amides is 1. The van der Waals surface area contributed by atoms with Crippen LogP contribution < -0.4 is 5.73 Å². The summed E-state index contributed by atoms with van der Waals surface area (Å²) in [6.45, 7) is 1.38. The van der Waals surface area contributed by atoms with Gasteiger partial charge in [-0.2, -0.15) is 0 Å². The standard InChI is InChI=1S/C13H14N4OS/c14-10-3-6-17(8-10)13(18)11-7-16-12(19-11)9-1-4-15-5-2-9/h1-2,4-5,7,10H,3,6,8,14H2. The Morgan fingerprint density at radius 2 is 2.21 bits per heavy atom. The maximum atomic E-state index is 12.3. The first-order valence-corrected chi connectivity index (χ1v) is 6.97. The van der Waals surface area contributed by atoms with Crippen molar-refractivity contribution in [2.75, 3.05) is 13.1 Å².